The van der Waals surface area contributed by atoms with Crippen LogP contribution in [0.3, 0.4) is 0 Å². The number of benzene rings is 2. The molecule has 2 aromatic carbocycles. The van der Waals surface area contributed by atoms with Crippen LogP contribution in [-0.4, -0.2) is 24.0 Å². The number of nitrogens with zero attached hydrogens (tertiary/aromatic N) is 2. The van der Waals surface area contributed by atoms with Gasteiger partial charge in [0.25, 0.3) is 0 Å². The fourth-order valence-electron chi connectivity index (χ4n) is 3.82. The van der Waals surface area contributed by atoms with Crippen molar-refractivity contribution in [3.8, 4) is 5.75 Å². The summed E-state index contributed by atoms with van der Waals surface area (Å²) in [5.41, 5.74) is 6.81. The second-order valence-corrected chi connectivity index (χ2v) is 8.25. The zero-order valence-corrected chi connectivity index (χ0v) is 17.3. The molecule has 1 aliphatic rings. The van der Waals surface area contributed by atoms with Gasteiger partial charge in [-0.05, 0) is 36.0 Å². The summed E-state index contributed by atoms with van der Waals surface area (Å²) in [5.74, 6) is 1.46. The number of aliphatic imine (C=N–C) groups is 1. The van der Waals surface area contributed by atoms with Crippen LogP contribution in [0.5, 0.6) is 5.75 Å². The summed E-state index contributed by atoms with van der Waals surface area (Å²) in [6.07, 6.45) is 1.85. The minimum absolute atomic E-state index is 0.383. The maximum atomic E-state index is 10.6. The first-order valence-electron chi connectivity index (χ1n) is 10.2. The van der Waals surface area contributed by atoms with Gasteiger partial charge in [0.05, 0.1) is 5.71 Å². The molecule has 0 aliphatic carbocycles. The van der Waals surface area contributed by atoms with E-state index in [0.717, 1.165) is 41.8 Å². The van der Waals surface area contributed by atoms with E-state index in [4.69, 9.17) is 4.99 Å². The average Bonchev–Trinajstić information content (AvgIpc) is 2.64. The van der Waals surface area contributed by atoms with E-state index < -0.39 is 0 Å². The Labute approximate surface area is 163 Å². The summed E-state index contributed by atoms with van der Waals surface area (Å²) in [6, 6.07) is 12.7. The summed E-state index contributed by atoms with van der Waals surface area (Å²) >= 11 is 0. The molecule has 144 valence electrons. The first kappa shape index (κ1) is 19.5. The summed E-state index contributed by atoms with van der Waals surface area (Å²) < 4.78 is 0. The van der Waals surface area contributed by atoms with Gasteiger partial charge in [-0.2, -0.15) is 0 Å². The molecule has 27 heavy (non-hydrogen) atoms. The zero-order chi connectivity index (χ0) is 19.6. The number of anilines is 1. The molecule has 1 heterocycles. The van der Waals surface area contributed by atoms with Crippen molar-refractivity contribution in [1.82, 2.24) is 0 Å². The molecule has 3 rings (SSSR count). The van der Waals surface area contributed by atoms with Gasteiger partial charge in [-0.1, -0.05) is 65.3 Å². The van der Waals surface area contributed by atoms with Crippen molar-refractivity contribution in [2.24, 2.45) is 10.9 Å². The first-order valence-corrected chi connectivity index (χ1v) is 10.2. The lowest BCUT2D eigenvalue weighted by molar-refractivity contribution is 0.467. The molecule has 3 heteroatoms. The molecule has 3 nitrogen and oxygen atoms in total. The summed E-state index contributed by atoms with van der Waals surface area (Å²) in [4.78, 5) is 7.30. The molecule has 0 bridgehead atoms. The molecule has 0 spiro atoms. The highest BCUT2D eigenvalue weighted by Crippen LogP contribution is 2.36. The van der Waals surface area contributed by atoms with Gasteiger partial charge in [-0.3, -0.25) is 4.99 Å². The number of aromatic hydroxyl groups is 1. The van der Waals surface area contributed by atoms with Crippen LogP contribution in [0, 0.1) is 5.92 Å². The lowest BCUT2D eigenvalue weighted by atomic mass is 9.90. The smallest absolute Gasteiger partial charge is 0.119 e. The van der Waals surface area contributed by atoms with E-state index in [1.54, 1.807) is 0 Å². The van der Waals surface area contributed by atoms with Gasteiger partial charge in [0.1, 0.15) is 12.4 Å². The van der Waals surface area contributed by atoms with Gasteiger partial charge in [0, 0.05) is 28.9 Å². The minimum Gasteiger partial charge on any atom is -0.508 e. The van der Waals surface area contributed by atoms with E-state index >= 15 is 0 Å². The average molecular weight is 365 g/mol. The normalized spacial score (nSPS) is 13.9. The zero-order valence-electron chi connectivity index (χ0n) is 17.3. The first-order chi connectivity index (χ1) is 12.9. The quantitative estimate of drug-likeness (QED) is 0.709. The Hall–Kier alpha value is -2.29. The topological polar surface area (TPSA) is 35.8 Å². The largest absolute Gasteiger partial charge is 0.508 e. The van der Waals surface area contributed by atoms with Crippen LogP contribution in [-0.2, 0) is 6.42 Å². The predicted octanol–water partition coefficient (Wildman–Crippen LogP) is 5.74. The van der Waals surface area contributed by atoms with Crippen LogP contribution in [0.25, 0.3) is 0 Å². The van der Waals surface area contributed by atoms with Gasteiger partial charge >= 0.3 is 0 Å². The van der Waals surface area contributed by atoms with E-state index in [1.807, 2.05) is 6.07 Å². The predicted molar refractivity (Wildman–Crippen MR) is 115 cm³/mol. The molecule has 1 N–H and O–H groups in total. The highest BCUT2D eigenvalue weighted by atomic mass is 16.3. The Morgan fingerprint density at radius 2 is 1.74 bits per heavy atom. The van der Waals surface area contributed by atoms with Crippen LogP contribution in [0.2, 0.25) is 0 Å². The second kappa shape index (κ2) is 8.16. The van der Waals surface area contributed by atoms with Crippen LogP contribution in [0.4, 0.5) is 5.69 Å². The summed E-state index contributed by atoms with van der Waals surface area (Å²) in [6.45, 7) is 12.7. The van der Waals surface area contributed by atoms with Crippen molar-refractivity contribution in [2.75, 3.05) is 18.1 Å². The minimum atomic E-state index is 0.383. The Morgan fingerprint density at radius 1 is 1.04 bits per heavy atom. The third-order valence-electron chi connectivity index (χ3n) is 5.18. The van der Waals surface area contributed by atoms with Crippen molar-refractivity contribution in [3.05, 3.63) is 58.7 Å². The lowest BCUT2D eigenvalue weighted by Gasteiger charge is -2.33. The number of hydrogen-bond donors (Lipinski definition) is 1. The van der Waals surface area contributed by atoms with Gasteiger partial charge in [0.15, 0.2) is 0 Å². The number of phenolic OH excluding ortho intramolecular Hbond substituents is 1. The fourth-order valence-corrected chi connectivity index (χ4v) is 3.82. The number of fused-ring (bicyclic) bond motifs is 1. The van der Waals surface area contributed by atoms with Crippen LogP contribution in [0.1, 0.15) is 69.2 Å². The maximum Gasteiger partial charge on any atom is 0.119 e. The molecule has 0 unspecified atom stereocenters. The third kappa shape index (κ3) is 4.02. The second-order valence-electron chi connectivity index (χ2n) is 8.25. The van der Waals surface area contributed by atoms with Crippen LogP contribution < -0.4 is 4.90 Å². The number of phenols is 1. The number of rotatable bonds is 6. The summed E-state index contributed by atoms with van der Waals surface area (Å²) in [7, 11) is 0. The van der Waals surface area contributed by atoms with E-state index in [1.165, 1.54) is 11.3 Å². The highest BCUT2D eigenvalue weighted by Gasteiger charge is 2.26. The molecule has 2 aromatic rings. The van der Waals surface area contributed by atoms with Gasteiger partial charge < -0.3 is 10.0 Å². The van der Waals surface area contributed by atoms with Crippen molar-refractivity contribution in [3.63, 3.8) is 0 Å². The van der Waals surface area contributed by atoms with Crippen LogP contribution >= 0.6 is 0 Å². The van der Waals surface area contributed by atoms with Crippen molar-refractivity contribution < 1.29 is 5.11 Å². The van der Waals surface area contributed by atoms with Gasteiger partial charge in [-0.15, -0.1) is 0 Å². The molecule has 1 aliphatic heterocycles. The van der Waals surface area contributed by atoms with Crippen molar-refractivity contribution >= 4 is 11.4 Å². The molecular formula is C24H32N2O. The monoisotopic (exact) mass is 364 g/mol. The van der Waals surface area contributed by atoms with E-state index in [-0.39, 0.29) is 0 Å². The van der Waals surface area contributed by atoms with Crippen LogP contribution in [0.15, 0.2) is 41.4 Å². The SMILES string of the molecule is CCCc1c(O)ccc2c1C(c1ccc(C(C)C)cc1)=NCN2CC(C)C. The molecular weight excluding hydrogens is 332 g/mol. The van der Waals surface area contributed by atoms with Crippen molar-refractivity contribution in [2.45, 2.75) is 53.4 Å². The molecule has 0 saturated carbocycles. The van der Waals surface area contributed by atoms with E-state index in [0.29, 0.717) is 24.3 Å². The fraction of sp³-hybridized carbons (Fsp3) is 0.458. The Bertz CT molecular complexity index is 819. The maximum absolute atomic E-state index is 10.6. The summed E-state index contributed by atoms with van der Waals surface area (Å²) in [5, 5.41) is 10.6. The molecule has 0 fully saturated rings. The highest BCUT2D eigenvalue weighted by molar-refractivity contribution is 6.18. The molecule has 0 atom stereocenters. The van der Waals surface area contributed by atoms with Crippen molar-refractivity contribution in [1.29, 1.82) is 0 Å². The Kier molecular flexibility index (Phi) is 5.88. The van der Waals surface area contributed by atoms with Gasteiger partial charge in [0.2, 0.25) is 0 Å². The molecule has 0 amide bonds. The standard InChI is InChI=1S/C24H32N2O/c1-6-7-20-22(27)13-12-21-23(20)24(25-15-26(21)14-16(2)3)19-10-8-18(9-11-19)17(4)5/h8-13,16-17,27H,6-7,14-15H2,1-5H3. The van der Waals surface area contributed by atoms with E-state index in [2.05, 4.69) is 69.9 Å². The number of hydrogen-bond acceptors (Lipinski definition) is 3. The lowest BCUT2D eigenvalue weighted by Crippen LogP contribution is -2.33. The third-order valence-corrected chi connectivity index (χ3v) is 5.18. The molecule has 0 radical (unpaired) electrons. The Balaban J connectivity index is 2.12. The molecule has 0 aromatic heterocycles. The molecule has 0 saturated heterocycles. The van der Waals surface area contributed by atoms with Gasteiger partial charge in [-0.25, -0.2) is 0 Å². The van der Waals surface area contributed by atoms with E-state index in [9.17, 15) is 5.11 Å². The Morgan fingerprint density at radius 3 is 2.33 bits per heavy atom.